The van der Waals surface area contributed by atoms with Gasteiger partial charge in [-0.3, -0.25) is 0 Å². The third-order valence-corrected chi connectivity index (χ3v) is 4.87. The average molecular weight is 365 g/mol. The molecule has 4 heteroatoms. The van der Waals surface area contributed by atoms with Gasteiger partial charge in [0.05, 0.1) is 5.02 Å². The lowest BCUT2D eigenvalue weighted by Crippen LogP contribution is -2.29. The van der Waals surface area contributed by atoms with Crippen LogP contribution in [0.1, 0.15) is 58.1 Å². The van der Waals surface area contributed by atoms with Gasteiger partial charge in [0.25, 0.3) is 0 Å². The molecule has 0 spiro atoms. The minimum absolute atomic E-state index is 0.0329. The van der Waals surface area contributed by atoms with Crippen LogP contribution in [0.3, 0.4) is 0 Å². The van der Waals surface area contributed by atoms with Crippen LogP contribution >= 0.6 is 27.5 Å². The van der Waals surface area contributed by atoms with Crippen molar-refractivity contribution in [2.24, 2.45) is 5.92 Å². The molecule has 1 aromatic carbocycles. The van der Waals surface area contributed by atoms with E-state index in [9.17, 15) is 4.39 Å². The zero-order chi connectivity index (χ0) is 15.1. The summed E-state index contributed by atoms with van der Waals surface area (Å²) in [6, 6.07) is 3.71. The normalized spacial score (nSPS) is 12.9. The fourth-order valence-electron chi connectivity index (χ4n) is 2.75. The van der Waals surface area contributed by atoms with Gasteiger partial charge in [-0.1, -0.05) is 51.3 Å². The third kappa shape index (κ3) is 4.44. The predicted octanol–water partition coefficient (Wildman–Crippen LogP) is 6.11. The second-order valence-electron chi connectivity index (χ2n) is 5.14. The quantitative estimate of drug-likeness (QED) is 0.549. The van der Waals surface area contributed by atoms with Gasteiger partial charge in [-0.15, -0.1) is 0 Å². The molecule has 0 heterocycles. The van der Waals surface area contributed by atoms with Crippen molar-refractivity contribution in [3.8, 4) is 0 Å². The first-order valence-electron chi connectivity index (χ1n) is 7.43. The van der Waals surface area contributed by atoms with E-state index < -0.39 is 0 Å². The van der Waals surface area contributed by atoms with Crippen molar-refractivity contribution >= 4 is 27.5 Å². The molecule has 0 aromatic heterocycles. The first-order chi connectivity index (χ1) is 9.56. The molecule has 0 fully saturated rings. The molecule has 0 aliphatic carbocycles. The molecule has 0 bridgehead atoms. The zero-order valence-corrected chi connectivity index (χ0v) is 14.8. The van der Waals surface area contributed by atoms with Crippen molar-refractivity contribution in [2.75, 3.05) is 6.54 Å². The van der Waals surface area contributed by atoms with Crippen LogP contribution in [0.5, 0.6) is 0 Å². The molecule has 1 N–H and O–H groups in total. The Balaban J connectivity index is 3.14. The Kier molecular flexibility index (Phi) is 8.08. The highest BCUT2D eigenvalue weighted by Crippen LogP contribution is 2.35. The number of hydrogen-bond donors (Lipinski definition) is 1. The summed E-state index contributed by atoms with van der Waals surface area (Å²) in [6.07, 6.45) is 4.41. The van der Waals surface area contributed by atoms with Gasteiger partial charge in [0.1, 0.15) is 5.82 Å². The largest absolute Gasteiger partial charge is 0.310 e. The van der Waals surface area contributed by atoms with E-state index >= 15 is 0 Å². The van der Waals surface area contributed by atoms with Crippen LogP contribution in [0, 0.1) is 11.7 Å². The maximum Gasteiger partial charge on any atom is 0.147 e. The highest BCUT2D eigenvalue weighted by Gasteiger charge is 2.25. The Morgan fingerprint density at radius 2 is 1.80 bits per heavy atom. The Bertz CT molecular complexity index is 419. The molecule has 0 saturated carbocycles. The molecule has 1 atom stereocenters. The van der Waals surface area contributed by atoms with Gasteiger partial charge in [0, 0.05) is 16.1 Å². The minimum Gasteiger partial charge on any atom is -0.310 e. The van der Waals surface area contributed by atoms with Crippen LogP contribution in [0.25, 0.3) is 0 Å². The van der Waals surface area contributed by atoms with Crippen molar-refractivity contribution < 1.29 is 4.39 Å². The minimum atomic E-state index is -0.302. The average Bonchev–Trinajstić information content (AvgIpc) is 2.43. The molecule has 0 aliphatic rings. The molecule has 0 saturated heterocycles. The monoisotopic (exact) mass is 363 g/mol. The number of nitrogens with one attached hydrogen (secondary N) is 1. The summed E-state index contributed by atoms with van der Waals surface area (Å²) < 4.78 is 15.1. The summed E-state index contributed by atoms with van der Waals surface area (Å²) in [6.45, 7) is 7.23. The Hall–Kier alpha value is -0.120. The van der Waals surface area contributed by atoms with E-state index in [1.165, 1.54) is 0 Å². The smallest absolute Gasteiger partial charge is 0.147 e. The summed E-state index contributed by atoms with van der Waals surface area (Å²) in [7, 11) is 0. The molecule has 20 heavy (non-hydrogen) atoms. The van der Waals surface area contributed by atoms with E-state index in [1.807, 2.05) is 12.1 Å². The maximum atomic E-state index is 14.5. The molecule has 1 aromatic rings. The fraction of sp³-hybridized carbons (Fsp3) is 0.625. The van der Waals surface area contributed by atoms with Crippen LogP contribution in [0.4, 0.5) is 4.39 Å². The molecule has 0 amide bonds. The van der Waals surface area contributed by atoms with Crippen LogP contribution in [-0.4, -0.2) is 6.54 Å². The molecular weight excluding hydrogens is 341 g/mol. The maximum absolute atomic E-state index is 14.5. The number of benzene rings is 1. The van der Waals surface area contributed by atoms with Gasteiger partial charge in [-0.05, 0) is 47.3 Å². The zero-order valence-electron chi connectivity index (χ0n) is 12.5. The summed E-state index contributed by atoms with van der Waals surface area (Å²) in [4.78, 5) is 0. The van der Waals surface area contributed by atoms with Gasteiger partial charge >= 0.3 is 0 Å². The molecule has 0 radical (unpaired) electrons. The second-order valence-corrected chi connectivity index (χ2v) is 6.37. The van der Waals surface area contributed by atoms with Gasteiger partial charge in [0.2, 0.25) is 0 Å². The van der Waals surface area contributed by atoms with Gasteiger partial charge in [-0.2, -0.15) is 0 Å². The van der Waals surface area contributed by atoms with Crippen molar-refractivity contribution in [3.63, 3.8) is 0 Å². The van der Waals surface area contributed by atoms with Crippen LogP contribution in [0.15, 0.2) is 16.6 Å². The highest BCUT2D eigenvalue weighted by atomic mass is 79.9. The van der Waals surface area contributed by atoms with Crippen molar-refractivity contribution in [3.05, 3.63) is 33.0 Å². The lowest BCUT2D eigenvalue weighted by atomic mass is 9.86. The van der Waals surface area contributed by atoms with Crippen LogP contribution in [-0.2, 0) is 0 Å². The summed E-state index contributed by atoms with van der Waals surface area (Å²) in [5, 5.41) is 3.62. The lowest BCUT2D eigenvalue weighted by molar-refractivity contribution is 0.313. The Morgan fingerprint density at radius 3 is 2.30 bits per heavy atom. The fourth-order valence-corrected chi connectivity index (χ4v) is 3.23. The Labute approximate surface area is 135 Å². The van der Waals surface area contributed by atoms with E-state index in [4.69, 9.17) is 11.6 Å². The van der Waals surface area contributed by atoms with Crippen LogP contribution in [0.2, 0.25) is 5.02 Å². The molecule has 1 unspecified atom stereocenters. The summed E-state index contributed by atoms with van der Waals surface area (Å²) in [5.41, 5.74) is 0.687. The lowest BCUT2D eigenvalue weighted by Gasteiger charge is -2.28. The number of rotatable bonds is 8. The molecular formula is C16H24BrClFN. The van der Waals surface area contributed by atoms with Crippen molar-refractivity contribution in [2.45, 2.75) is 52.5 Å². The summed E-state index contributed by atoms with van der Waals surface area (Å²) >= 11 is 9.31. The van der Waals surface area contributed by atoms with Gasteiger partial charge in [0.15, 0.2) is 0 Å². The van der Waals surface area contributed by atoms with Crippen molar-refractivity contribution in [1.82, 2.24) is 5.32 Å². The van der Waals surface area contributed by atoms with E-state index in [2.05, 4.69) is 42.0 Å². The van der Waals surface area contributed by atoms with Gasteiger partial charge < -0.3 is 5.32 Å². The number of hydrogen-bond acceptors (Lipinski definition) is 1. The molecule has 0 aliphatic heterocycles. The SMILES string of the molecule is CCCC(CCC)C(NCC)c1ccc(Br)c(Cl)c1F. The van der Waals surface area contributed by atoms with Crippen molar-refractivity contribution in [1.29, 1.82) is 0 Å². The first kappa shape index (κ1) is 17.9. The molecule has 1 rings (SSSR count). The van der Waals surface area contributed by atoms with Crippen LogP contribution < -0.4 is 5.32 Å². The molecule has 1 nitrogen and oxygen atoms in total. The number of halogens is 3. The van der Waals surface area contributed by atoms with E-state index in [0.717, 1.165) is 32.2 Å². The van der Waals surface area contributed by atoms with Gasteiger partial charge in [-0.25, -0.2) is 4.39 Å². The summed E-state index contributed by atoms with van der Waals surface area (Å²) in [5.74, 6) is 0.140. The first-order valence-corrected chi connectivity index (χ1v) is 8.60. The second kappa shape index (κ2) is 9.01. The highest BCUT2D eigenvalue weighted by molar-refractivity contribution is 9.10. The van der Waals surface area contributed by atoms with E-state index in [-0.39, 0.29) is 16.9 Å². The topological polar surface area (TPSA) is 12.0 Å². The van der Waals surface area contributed by atoms with E-state index in [0.29, 0.717) is 16.0 Å². The standard InChI is InChI=1S/C16H24BrClFN/c1-4-7-11(8-5-2)16(20-6-3)12-9-10-13(17)14(18)15(12)19/h9-11,16,20H,4-8H2,1-3H3. The Morgan fingerprint density at radius 1 is 1.20 bits per heavy atom. The third-order valence-electron chi connectivity index (χ3n) is 3.61. The van der Waals surface area contributed by atoms with E-state index in [1.54, 1.807) is 0 Å². The molecule has 114 valence electrons. The predicted molar refractivity (Wildman–Crippen MR) is 88.8 cm³/mol.